The lowest BCUT2D eigenvalue weighted by Crippen LogP contribution is -2.19. The quantitative estimate of drug-likeness (QED) is 0.870. The summed E-state index contributed by atoms with van der Waals surface area (Å²) < 4.78 is 40.6. The highest BCUT2D eigenvalue weighted by molar-refractivity contribution is 5.61. The van der Waals surface area contributed by atoms with Gasteiger partial charge in [0, 0.05) is 11.3 Å². The number of hydrogen-bond acceptors (Lipinski definition) is 4. The Morgan fingerprint density at radius 1 is 1.11 bits per heavy atom. The molecular formula is C12H10F3N3O. The first-order chi connectivity index (χ1) is 8.94. The number of alkyl halides is 3. The van der Waals surface area contributed by atoms with Crippen molar-refractivity contribution in [1.82, 2.24) is 9.97 Å². The molecule has 0 amide bonds. The average Bonchev–Trinajstić information content (AvgIpc) is 2.37. The van der Waals surface area contributed by atoms with Crippen LogP contribution in [0.15, 0.2) is 36.7 Å². The zero-order chi connectivity index (χ0) is 13.9. The van der Waals surface area contributed by atoms with Crippen molar-refractivity contribution in [2.75, 3.05) is 12.3 Å². The second kappa shape index (κ2) is 5.13. The van der Waals surface area contributed by atoms with Crippen molar-refractivity contribution in [3.05, 3.63) is 36.7 Å². The van der Waals surface area contributed by atoms with Gasteiger partial charge >= 0.3 is 6.18 Å². The third-order valence-corrected chi connectivity index (χ3v) is 2.20. The Morgan fingerprint density at radius 2 is 1.79 bits per heavy atom. The monoisotopic (exact) mass is 269 g/mol. The first-order valence-corrected chi connectivity index (χ1v) is 5.31. The highest BCUT2D eigenvalue weighted by Crippen LogP contribution is 2.21. The zero-order valence-electron chi connectivity index (χ0n) is 9.69. The standard InChI is InChI=1S/C12H10F3N3O/c13-12(14,15)7-19-11-6-17-5-10(18-11)8-1-3-9(16)4-2-8/h1-6H,7,16H2. The Bertz CT molecular complexity index is 555. The number of benzene rings is 1. The summed E-state index contributed by atoms with van der Waals surface area (Å²) >= 11 is 0. The zero-order valence-corrected chi connectivity index (χ0v) is 9.69. The van der Waals surface area contributed by atoms with Gasteiger partial charge < -0.3 is 10.5 Å². The largest absolute Gasteiger partial charge is 0.467 e. The number of hydrogen-bond donors (Lipinski definition) is 1. The van der Waals surface area contributed by atoms with Crippen LogP contribution in [0.2, 0.25) is 0 Å². The van der Waals surface area contributed by atoms with E-state index in [0.717, 1.165) is 6.20 Å². The normalized spacial score (nSPS) is 11.3. The highest BCUT2D eigenvalue weighted by Gasteiger charge is 2.28. The smallest absolute Gasteiger partial charge is 0.422 e. The van der Waals surface area contributed by atoms with Gasteiger partial charge in [-0.2, -0.15) is 13.2 Å². The van der Waals surface area contributed by atoms with Crippen LogP contribution in [0.4, 0.5) is 18.9 Å². The predicted molar refractivity (Wildman–Crippen MR) is 63.4 cm³/mol. The molecule has 0 aliphatic heterocycles. The fourth-order valence-electron chi connectivity index (χ4n) is 1.37. The summed E-state index contributed by atoms with van der Waals surface area (Å²) in [5.41, 5.74) is 7.24. The minimum atomic E-state index is -4.40. The number of aromatic nitrogens is 2. The molecule has 0 aliphatic rings. The van der Waals surface area contributed by atoms with Crippen LogP contribution in [0.3, 0.4) is 0 Å². The van der Waals surface area contributed by atoms with E-state index in [2.05, 4.69) is 14.7 Å². The summed E-state index contributed by atoms with van der Waals surface area (Å²) in [4.78, 5) is 7.75. The summed E-state index contributed by atoms with van der Waals surface area (Å²) in [7, 11) is 0. The second-order valence-corrected chi connectivity index (χ2v) is 3.77. The van der Waals surface area contributed by atoms with Crippen molar-refractivity contribution in [2.24, 2.45) is 0 Å². The summed E-state index contributed by atoms with van der Waals surface area (Å²) in [5.74, 6) is -0.174. The van der Waals surface area contributed by atoms with Gasteiger partial charge in [-0.15, -0.1) is 0 Å². The van der Waals surface area contributed by atoms with Gasteiger partial charge in [0.1, 0.15) is 0 Å². The maximum atomic E-state index is 12.0. The molecule has 0 atom stereocenters. The number of nitrogens with zero attached hydrogens (tertiary/aromatic N) is 2. The van der Waals surface area contributed by atoms with E-state index in [0.29, 0.717) is 16.9 Å². The van der Waals surface area contributed by atoms with E-state index >= 15 is 0 Å². The Labute approximate surface area is 107 Å². The SMILES string of the molecule is Nc1ccc(-c2cncc(OCC(F)(F)F)n2)cc1. The molecule has 4 nitrogen and oxygen atoms in total. The van der Waals surface area contributed by atoms with E-state index in [1.165, 1.54) is 6.20 Å². The molecule has 0 spiro atoms. The van der Waals surface area contributed by atoms with Crippen LogP contribution in [0.1, 0.15) is 0 Å². The molecule has 100 valence electrons. The third-order valence-electron chi connectivity index (χ3n) is 2.20. The van der Waals surface area contributed by atoms with Crippen LogP contribution in [0.5, 0.6) is 5.88 Å². The van der Waals surface area contributed by atoms with E-state index < -0.39 is 12.8 Å². The van der Waals surface area contributed by atoms with E-state index in [9.17, 15) is 13.2 Å². The summed E-state index contributed by atoms with van der Waals surface area (Å²) in [6.07, 6.45) is -1.84. The summed E-state index contributed by atoms with van der Waals surface area (Å²) in [6.45, 7) is -1.40. The maximum absolute atomic E-state index is 12.0. The molecular weight excluding hydrogens is 259 g/mol. The molecule has 2 N–H and O–H groups in total. The van der Waals surface area contributed by atoms with E-state index in [1.807, 2.05) is 0 Å². The lowest BCUT2D eigenvalue weighted by atomic mass is 10.1. The van der Waals surface area contributed by atoms with Gasteiger partial charge in [0.2, 0.25) is 5.88 Å². The number of nitrogen functional groups attached to an aromatic ring is 1. The lowest BCUT2D eigenvalue weighted by Gasteiger charge is -2.09. The van der Waals surface area contributed by atoms with Gasteiger partial charge in [0.25, 0.3) is 0 Å². The van der Waals surface area contributed by atoms with Crippen molar-refractivity contribution >= 4 is 5.69 Å². The van der Waals surface area contributed by atoms with Crippen molar-refractivity contribution < 1.29 is 17.9 Å². The molecule has 0 radical (unpaired) electrons. The van der Waals surface area contributed by atoms with Crippen LogP contribution in [-0.2, 0) is 0 Å². The van der Waals surface area contributed by atoms with Crippen molar-refractivity contribution in [1.29, 1.82) is 0 Å². The molecule has 1 heterocycles. The number of anilines is 1. The van der Waals surface area contributed by atoms with Crippen LogP contribution >= 0.6 is 0 Å². The van der Waals surface area contributed by atoms with Gasteiger partial charge in [-0.25, -0.2) is 4.98 Å². The predicted octanol–water partition coefficient (Wildman–Crippen LogP) is 2.67. The van der Waals surface area contributed by atoms with Crippen molar-refractivity contribution in [3.8, 4) is 17.1 Å². The van der Waals surface area contributed by atoms with Crippen LogP contribution in [0.25, 0.3) is 11.3 Å². The van der Waals surface area contributed by atoms with E-state index in [4.69, 9.17) is 5.73 Å². The average molecular weight is 269 g/mol. The van der Waals surface area contributed by atoms with Crippen molar-refractivity contribution in [2.45, 2.75) is 6.18 Å². The molecule has 1 aromatic carbocycles. The highest BCUT2D eigenvalue weighted by atomic mass is 19.4. The van der Waals surface area contributed by atoms with Crippen LogP contribution in [0, 0.1) is 0 Å². The molecule has 2 aromatic rings. The minimum Gasteiger partial charge on any atom is -0.467 e. The molecule has 19 heavy (non-hydrogen) atoms. The third kappa shape index (κ3) is 3.84. The first kappa shape index (κ1) is 13.1. The molecule has 0 fully saturated rings. The molecule has 0 bridgehead atoms. The Hall–Kier alpha value is -2.31. The molecule has 1 aromatic heterocycles. The molecule has 7 heteroatoms. The van der Waals surface area contributed by atoms with Gasteiger partial charge in [-0.05, 0) is 12.1 Å². The molecule has 0 saturated carbocycles. The van der Waals surface area contributed by atoms with E-state index in [1.54, 1.807) is 24.3 Å². The molecule has 2 rings (SSSR count). The van der Waals surface area contributed by atoms with E-state index in [-0.39, 0.29) is 5.88 Å². The van der Waals surface area contributed by atoms with Gasteiger partial charge in [-0.1, -0.05) is 12.1 Å². The topological polar surface area (TPSA) is 61.0 Å². The summed E-state index contributed by atoms with van der Waals surface area (Å²) in [6, 6.07) is 6.74. The fraction of sp³-hybridized carbons (Fsp3) is 0.167. The number of halogens is 3. The lowest BCUT2D eigenvalue weighted by molar-refractivity contribution is -0.154. The Balaban J connectivity index is 2.17. The van der Waals surface area contributed by atoms with Gasteiger partial charge in [-0.3, -0.25) is 4.98 Å². The number of ether oxygens (including phenoxy) is 1. The van der Waals surface area contributed by atoms with Crippen LogP contribution in [-0.4, -0.2) is 22.8 Å². The Kier molecular flexibility index (Phi) is 3.55. The molecule has 0 aliphatic carbocycles. The minimum absolute atomic E-state index is 0.174. The van der Waals surface area contributed by atoms with Gasteiger partial charge in [0.05, 0.1) is 18.1 Å². The van der Waals surface area contributed by atoms with Crippen molar-refractivity contribution in [3.63, 3.8) is 0 Å². The Morgan fingerprint density at radius 3 is 2.42 bits per heavy atom. The van der Waals surface area contributed by atoms with Gasteiger partial charge in [0.15, 0.2) is 6.61 Å². The number of rotatable bonds is 3. The number of nitrogens with two attached hydrogens (primary N) is 1. The fourth-order valence-corrected chi connectivity index (χ4v) is 1.37. The molecule has 0 unspecified atom stereocenters. The summed E-state index contributed by atoms with van der Waals surface area (Å²) in [5, 5.41) is 0. The van der Waals surface area contributed by atoms with Crippen LogP contribution < -0.4 is 10.5 Å². The first-order valence-electron chi connectivity index (χ1n) is 5.31. The molecule has 0 saturated heterocycles. The second-order valence-electron chi connectivity index (χ2n) is 3.77. The maximum Gasteiger partial charge on any atom is 0.422 e.